The van der Waals surface area contributed by atoms with E-state index in [2.05, 4.69) is 5.32 Å². The van der Waals surface area contributed by atoms with Crippen LogP contribution in [0.1, 0.15) is 38.3 Å². The van der Waals surface area contributed by atoms with E-state index in [-0.39, 0.29) is 24.5 Å². The van der Waals surface area contributed by atoms with Crippen molar-refractivity contribution < 1.29 is 14.3 Å². The lowest BCUT2D eigenvalue weighted by Crippen LogP contribution is -2.34. The molecule has 0 aliphatic heterocycles. The highest BCUT2D eigenvalue weighted by Crippen LogP contribution is 2.27. The maximum Gasteiger partial charge on any atom is 0.223 e. The van der Waals surface area contributed by atoms with E-state index in [0.717, 1.165) is 17.7 Å². The maximum absolute atomic E-state index is 12.1. The lowest BCUT2D eigenvalue weighted by molar-refractivity contribution is -0.124. The van der Waals surface area contributed by atoms with Crippen LogP contribution < -0.4 is 15.8 Å². The molecular weight excluding hydrogens is 268 g/mol. The van der Waals surface area contributed by atoms with Gasteiger partial charge in [0.25, 0.3) is 0 Å². The van der Waals surface area contributed by atoms with Crippen LogP contribution in [0.25, 0.3) is 0 Å². The second-order valence-electron chi connectivity index (χ2n) is 4.80. The predicted molar refractivity (Wildman–Crippen MR) is 83.3 cm³/mol. The fraction of sp³-hybridized carbons (Fsp3) is 0.562. The molecule has 2 atom stereocenters. The average Bonchev–Trinajstić information content (AvgIpc) is 2.51. The molecule has 1 aromatic carbocycles. The Balaban J connectivity index is 2.77. The molecule has 5 nitrogen and oxygen atoms in total. The number of amides is 1. The van der Waals surface area contributed by atoms with Gasteiger partial charge in [-0.2, -0.15) is 0 Å². The van der Waals surface area contributed by atoms with Crippen molar-refractivity contribution in [1.82, 2.24) is 5.32 Å². The molecule has 0 spiro atoms. The van der Waals surface area contributed by atoms with Crippen molar-refractivity contribution >= 4 is 5.91 Å². The summed E-state index contributed by atoms with van der Waals surface area (Å²) in [5.41, 5.74) is 6.54. The number of nitrogens with one attached hydrogen (secondary N) is 1. The molecule has 0 aliphatic rings. The largest absolute Gasteiger partial charge is 0.494 e. The van der Waals surface area contributed by atoms with Crippen LogP contribution in [0, 0.1) is 0 Å². The van der Waals surface area contributed by atoms with Gasteiger partial charge in [0.2, 0.25) is 5.91 Å². The van der Waals surface area contributed by atoms with E-state index in [1.165, 1.54) is 0 Å². The summed E-state index contributed by atoms with van der Waals surface area (Å²) in [7, 11) is 1.56. The van der Waals surface area contributed by atoms with Gasteiger partial charge in [0.05, 0.1) is 25.2 Å². The molecule has 0 aromatic heterocycles. The molecule has 0 heterocycles. The molecule has 1 amide bonds. The van der Waals surface area contributed by atoms with Gasteiger partial charge < -0.3 is 20.5 Å². The van der Waals surface area contributed by atoms with E-state index in [1.54, 1.807) is 7.11 Å². The highest BCUT2D eigenvalue weighted by Gasteiger charge is 2.18. The molecule has 5 heteroatoms. The topological polar surface area (TPSA) is 73.6 Å². The number of para-hydroxylation sites is 1. The van der Waals surface area contributed by atoms with Gasteiger partial charge in [-0.1, -0.05) is 25.1 Å². The lowest BCUT2D eigenvalue weighted by Gasteiger charge is -2.21. The van der Waals surface area contributed by atoms with Crippen LogP contribution in [-0.4, -0.2) is 32.3 Å². The minimum absolute atomic E-state index is 0.0644. The van der Waals surface area contributed by atoms with Crippen LogP contribution in [0.15, 0.2) is 24.3 Å². The first-order valence-corrected chi connectivity index (χ1v) is 7.40. The zero-order chi connectivity index (χ0) is 15.7. The number of carbonyl (C=O) groups is 1. The maximum atomic E-state index is 12.1. The zero-order valence-electron chi connectivity index (χ0n) is 13.1. The van der Waals surface area contributed by atoms with Gasteiger partial charge in [0.1, 0.15) is 5.75 Å². The van der Waals surface area contributed by atoms with Gasteiger partial charge in [-0.25, -0.2) is 0 Å². The molecule has 0 saturated carbocycles. The summed E-state index contributed by atoms with van der Waals surface area (Å²) >= 11 is 0. The number of hydrogen-bond donors (Lipinski definition) is 2. The predicted octanol–water partition coefficient (Wildman–Crippen LogP) is 2.02. The van der Waals surface area contributed by atoms with Crippen LogP contribution in [-0.2, 0) is 9.53 Å². The molecular formula is C16H26N2O3. The van der Waals surface area contributed by atoms with Gasteiger partial charge in [-0.05, 0) is 19.4 Å². The third kappa shape index (κ3) is 5.36. The summed E-state index contributed by atoms with van der Waals surface area (Å²) in [6, 6.07) is 7.71. The summed E-state index contributed by atoms with van der Waals surface area (Å²) < 4.78 is 10.8. The van der Waals surface area contributed by atoms with Crippen LogP contribution in [0.2, 0.25) is 0 Å². The van der Waals surface area contributed by atoms with Gasteiger partial charge in [-0.15, -0.1) is 0 Å². The Morgan fingerprint density at radius 1 is 1.33 bits per heavy atom. The minimum Gasteiger partial charge on any atom is -0.494 e. The van der Waals surface area contributed by atoms with Gasteiger partial charge in [0.15, 0.2) is 0 Å². The molecule has 0 radical (unpaired) electrons. The van der Waals surface area contributed by atoms with Crippen LogP contribution in [0.4, 0.5) is 0 Å². The standard InChI is InChI=1S/C16H26N2O3/c1-4-14(18-16(19)10-12(11-17)20-3)13-8-6-7-9-15(13)21-5-2/h6-9,12,14H,4-5,10-11,17H2,1-3H3,(H,18,19). The first-order chi connectivity index (χ1) is 10.2. The third-order valence-electron chi connectivity index (χ3n) is 3.35. The van der Waals surface area contributed by atoms with Crippen molar-refractivity contribution in [2.24, 2.45) is 5.73 Å². The SMILES string of the molecule is CCOc1ccccc1C(CC)NC(=O)CC(CN)OC. The molecule has 2 unspecified atom stereocenters. The van der Waals surface area contributed by atoms with Gasteiger partial charge in [0, 0.05) is 19.2 Å². The van der Waals surface area contributed by atoms with Crippen molar-refractivity contribution in [3.63, 3.8) is 0 Å². The number of carbonyl (C=O) groups excluding carboxylic acids is 1. The van der Waals surface area contributed by atoms with E-state index >= 15 is 0 Å². The Morgan fingerprint density at radius 3 is 2.62 bits per heavy atom. The Morgan fingerprint density at radius 2 is 2.05 bits per heavy atom. The number of benzene rings is 1. The van der Waals surface area contributed by atoms with Crippen molar-refractivity contribution in [3.8, 4) is 5.75 Å². The fourth-order valence-corrected chi connectivity index (χ4v) is 2.18. The molecule has 0 saturated heterocycles. The molecule has 21 heavy (non-hydrogen) atoms. The molecule has 0 fully saturated rings. The quantitative estimate of drug-likeness (QED) is 0.731. The summed E-state index contributed by atoms with van der Waals surface area (Å²) in [5, 5.41) is 3.03. The second-order valence-corrected chi connectivity index (χ2v) is 4.80. The minimum atomic E-state index is -0.246. The molecule has 0 aliphatic carbocycles. The van der Waals surface area contributed by atoms with Crippen molar-refractivity contribution in [1.29, 1.82) is 0 Å². The van der Waals surface area contributed by atoms with Crippen LogP contribution in [0.5, 0.6) is 5.75 Å². The van der Waals surface area contributed by atoms with Crippen molar-refractivity contribution in [2.45, 2.75) is 38.8 Å². The van der Waals surface area contributed by atoms with Gasteiger partial charge in [-0.3, -0.25) is 4.79 Å². The Hall–Kier alpha value is -1.59. The van der Waals surface area contributed by atoms with Crippen molar-refractivity contribution in [3.05, 3.63) is 29.8 Å². The van der Waals surface area contributed by atoms with E-state index in [0.29, 0.717) is 13.2 Å². The highest BCUT2D eigenvalue weighted by atomic mass is 16.5. The second kappa shape index (κ2) is 9.37. The summed E-state index contributed by atoms with van der Waals surface area (Å²) in [6.45, 7) is 4.90. The highest BCUT2D eigenvalue weighted by molar-refractivity contribution is 5.77. The number of hydrogen-bond acceptors (Lipinski definition) is 4. The monoisotopic (exact) mass is 294 g/mol. The number of nitrogens with two attached hydrogens (primary N) is 1. The zero-order valence-corrected chi connectivity index (χ0v) is 13.1. The lowest BCUT2D eigenvalue weighted by atomic mass is 10.0. The fourth-order valence-electron chi connectivity index (χ4n) is 2.18. The Labute approximate surface area is 126 Å². The Bertz CT molecular complexity index is 433. The van der Waals surface area contributed by atoms with E-state index in [9.17, 15) is 4.79 Å². The summed E-state index contributed by atoms with van der Waals surface area (Å²) in [6.07, 6.45) is 0.806. The molecule has 0 bridgehead atoms. The molecule has 3 N–H and O–H groups in total. The molecule has 1 aromatic rings. The normalized spacial score (nSPS) is 13.5. The van der Waals surface area contributed by atoms with Crippen LogP contribution >= 0.6 is 0 Å². The summed E-state index contributed by atoms with van der Waals surface area (Å²) in [5.74, 6) is 0.750. The van der Waals surface area contributed by atoms with Gasteiger partial charge >= 0.3 is 0 Å². The average molecular weight is 294 g/mol. The van der Waals surface area contributed by atoms with E-state index in [1.807, 2.05) is 38.1 Å². The van der Waals surface area contributed by atoms with Crippen LogP contribution in [0.3, 0.4) is 0 Å². The first-order valence-electron chi connectivity index (χ1n) is 7.40. The third-order valence-corrected chi connectivity index (χ3v) is 3.35. The first kappa shape index (κ1) is 17.5. The summed E-state index contributed by atoms with van der Waals surface area (Å²) in [4.78, 5) is 12.1. The van der Waals surface area contributed by atoms with E-state index in [4.69, 9.17) is 15.2 Å². The Kier molecular flexibility index (Phi) is 7.79. The molecule has 1 rings (SSSR count). The van der Waals surface area contributed by atoms with E-state index < -0.39 is 0 Å². The number of methoxy groups -OCH3 is 1. The smallest absolute Gasteiger partial charge is 0.223 e. The number of rotatable bonds is 9. The van der Waals surface area contributed by atoms with Crippen molar-refractivity contribution in [2.75, 3.05) is 20.3 Å². The number of ether oxygens (including phenoxy) is 2. The molecule has 118 valence electrons.